The van der Waals surface area contributed by atoms with Crippen molar-refractivity contribution in [3.05, 3.63) is 18.5 Å². The molecule has 1 heterocycles. The molecule has 1 aromatic rings. The monoisotopic (exact) mass is 171 g/mol. The van der Waals surface area contributed by atoms with E-state index < -0.39 is 11.3 Å². The van der Waals surface area contributed by atoms with Gasteiger partial charge in [0.25, 0.3) is 0 Å². The van der Waals surface area contributed by atoms with Gasteiger partial charge in [0.2, 0.25) is 5.95 Å². The van der Waals surface area contributed by atoms with Gasteiger partial charge in [0, 0.05) is 12.4 Å². The summed E-state index contributed by atoms with van der Waals surface area (Å²) in [4.78, 5) is 17.8. The number of urea groups is 1. The largest absolute Gasteiger partial charge is 0.367 e. The van der Waals surface area contributed by atoms with E-state index in [2.05, 4.69) is 15.8 Å². The van der Waals surface area contributed by atoms with E-state index in [0.717, 1.165) is 0 Å². The van der Waals surface area contributed by atoms with Gasteiger partial charge in [-0.05, 0) is 6.07 Å². The summed E-state index contributed by atoms with van der Waals surface area (Å²) < 4.78 is 11.9. The minimum atomic E-state index is -1.12. The molecule has 0 aliphatic heterocycles. The Kier molecular flexibility index (Phi) is 2.49. The molecule has 0 saturated heterocycles. The minimum absolute atomic E-state index is 0.00407. The van der Waals surface area contributed by atoms with Gasteiger partial charge in [-0.2, -0.15) is 0 Å². The maximum atomic E-state index is 11.9. The summed E-state index contributed by atoms with van der Waals surface area (Å²) in [6.45, 7) is 0. The lowest BCUT2D eigenvalue weighted by molar-refractivity contribution is 0.0757. The number of hydrazine groups is 1. The average Bonchev–Trinajstić information content (AvgIpc) is 2.06. The SMILES string of the molecule is NN(F)C(=O)Nc1ncccn1. The van der Waals surface area contributed by atoms with E-state index in [9.17, 15) is 9.28 Å². The van der Waals surface area contributed by atoms with Crippen LogP contribution in [-0.2, 0) is 0 Å². The van der Waals surface area contributed by atoms with Gasteiger partial charge in [-0.25, -0.2) is 20.6 Å². The summed E-state index contributed by atoms with van der Waals surface area (Å²) >= 11 is 0. The Hall–Kier alpha value is -1.76. The highest BCUT2D eigenvalue weighted by molar-refractivity contribution is 5.85. The molecule has 0 spiro atoms. The van der Waals surface area contributed by atoms with Gasteiger partial charge in [-0.15, -0.1) is 0 Å². The molecule has 0 radical (unpaired) electrons. The predicted octanol–water partition coefficient (Wildman–Crippen LogP) is 0.0687. The van der Waals surface area contributed by atoms with Crippen molar-refractivity contribution < 1.29 is 9.28 Å². The maximum absolute atomic E-state index is 11.9. The number of amides is 2. The second-order valence-electron chi connectivity index (χ2n) is 1.81. The van der Waals surface area contributed by atoms with Gasteiger partial charge < -0.3 is 0 Å². The molecule has 1 aromatic heterocycles. The number of aromatic nitrogens is 2. The molecule has 0 fully saturated rings. The van der Waals surface area contributed by atoms with E-state index in [1.807, 2.05) is 5.32 Å². The fourth-order valence-electron chi connectivity index (χ4n) is 0.513. The Morgan fingerprint density at radius 2 is 2.17 bits per heavy atom. The van der Waals surface area contributed by atoms with Crippen LogP contribution in [0.2, 0.25) is 0 Å². The minimum Gasteiger partial charge on any atom is -0.273 e. The molecule has 7 heteroatoms. The van der Waals surface area contributed by atoms with Crippen molar-refractivity contribution >= 4 is 12.0 Å². The molecule has 0 aromatic carbocycles. The normalized spacial score (nSPS) is 9.17. The van der Waals surface area contributed by atoms with Crippen molar-refractivity contribution in [3.8, 4) is 0 Å². The summed E-state index contributed by atoms with van der Waals surface area (Å²) in [5, 5.41) is 1.42. The molecule has 0 aliphatic rings. The van der Waals surface area contributed by atoms with Crippen LogP contribution in [0, 0.1) is 0 Å². The van der Waals surface area contributed by atoms with E-state index in [0.29, 0.717) is 0 Å². The van der Waals surface area contributed by atoms with Gasteiger partial charge in [-0.3, -0.25) is 5.32 Å². The number of nitrogens with two attached hydrogens (primary N) is 1. The first-order valence-corrected chi connectivity index (χ1v) is 2.99. The van der Waals surface area contributed by atoms with Crippen LogP contribution < -0.4 is 11.2 Å². The van der Waals surface area contributed by atoms with Crippen molar-refractivity contribution in [2.45, 2.75) is 0 Å². The topological polar surface area (TPSA) is 84.1 Å². The Balaban J connectivity index is 2.59. The first-order chi connectivity index (χ1) is 5.70. The highest BCUT2D eigenvalue weighted by Gasteiger charge is 2.08. The van der Waals surface area contributed by atoms with Gasteiger partial charge >= 0.3 is 6.03 Å². The van der Waals surface area contributed by atoms with Gasteiger partial charge in [0.05, 0.1) is 0 Å². The zero-order valence-corrected chi connectivity index (χ0v) is 5.94. The Labute approximate surface area is 67.1 Å². The molecule has 12 heavy (non-hydrogen) atoms. The lowest BCUT2D eigenvalue weighted by atomic mass is 10.7. The Bertz CT molecular complexity index is 264. The lowest BCUT2D eigenvalue weighted by Crippen LogP contribution is -2.33. The van der Waals surface area contributed by atoms with E-state index in [1.54, 1.807) is 6.07 Å². The van der Waals surface area contributed by atoms with Crippen LogP contribution in [-0.4, -0.2) is 21.2 Å². The van der Waals surface area contributed by atoms with Crippen molar-refractivity contribution in [2.75, 3.05) is 5.32 Å². The van der Waals surface area contributed by atoms with Gasteiger partial charge in [-0.1, -0.05) is 9.71 Å². The lowest BCUT2D eigenvalue weighted by Gasteiger charge is -2.04. The van der Waals surface area contributed by atoms with Crippen LogP contribution in [0.1, 0.15) is 0 Å². The average molecular weight is 171 g/mol. The number of hydrogen-bond donors (Lipinski definition) is 2. The number of carbonyl (C=O) groups excluding carboxylic acids is 1. The molecule has 64 valence electrons. The first-order valence-electron chi connectivity index (χ1n) is 2.99. The highest BCUT2D eigenvalue weighted by Crippen LogP contribution is 1.95. The van der Waals surface area contributed by atoms with Gasteiger partial charge in [0.15, 0.2) is 0 Å². The summed E-state index contributed by atoms with van der Waals surface area (Å²) in [5.74, 6) is 4.48. The second kappa shape index (κ2) is 3.58. The molecule has 2 amide bonds. The Morgan fingerprint density at radius 3 is 2.67 bits per heavy atom. The molecular weight excluding hydrogens is 165 g/mol. The van der Waals surface area contributed by atoms with Crippen molar-refractivity contribution in [1.82, 2.24) is 15.2 Å². The zero-order chi connectivity index (χ0) is 8.97. The fraction of sp³-hybridized carbons (Fsp3) is 0. The Morgan fingerprint density at radius 1 is 1.58 bits per heavy atom. The number of hydrogen-bond acceptors (Lipinski definition) is 4. The van der Waals surface area contributed by atoms with Gasteiger partial charge in [0.1, 0.15) is 0 Å². The number of nitrogens with one attached hydrogen (secondary N) is 1. The molecule has 1 rings (SSSR count). The quantitative estimate of drug-likeness (QED) is 0.271. The molecule has 6 nitrogen and oxygen atoms in total. The van der Waals surface area contributed by atoms with Crippen molar-refractivity contribution in [1.29, 1.82) is 0 Å². The summed E-state index contributed by atoms with van der Waals surface area (Å²) in [6, 6.07) is 0.437. The third-order valence-electron chi connectivity index (χ3n) is 0.979. The van der Waals surface area contributed by atoms with Crippen LogP contribution in [0.15, 0.2) is 18.5 Å². The van der Waals surface area contributed by atoms with Crippen LogP contribution in [0.25, 0.3) is 0 Å². The third-order valence-corrected chi connectivity index (χ3v) is 0.979. The third kappa shape index (κ3) is 2.13. The number of carbonyl (C=O) groups is 1. The van der Waals surface area contributed by atoms with E-state index in [4.69, 9.17) is 0 Å². The number of nitrogens with zero attached hydrogens (tertiary/aromatic N) is 3. The second-order valence-corrected chi connectivity index (χ2v) is 1.81. The summed E-state index contributed by atoms with van der Waals surface area (Å²) in [6.07, 6.45) is 2.81. The van der Waals surface area contributed by atoms with Crippen molar-refractivity contribution in [3.63, 3.8) is 0 Å². The molecule has 0 unspecified atom stereocenters. The standard InChI is InChI=1S/C5H6FN5O/c6-11(7)5(12)10-4-8-2-1-3-9-4/h1-3H,7H2,(H,8,9,10,12). The highest BCUT2D eigenvalue weighted by atomic mass is 19.2. The first kappa shape index (κ1) is 8.34. The van der Waals surface area contributed by atoms with E-state index >= 15 is 0 Å². The smallest absolute Gasteiger partial charge is 0.273 e. The molecular formula is C5H6FN5O. The number of rotatable bonds is 1. The maximum Gasteiger partial charge on any atom is 0.367 e. The predicted molar refractivity (Wildman–Crippen MR) is 38.2 cm³/mol. The van der Waals surface area contributed by atoms with E-state index in [-0.39, 0.29) is 5.95 Å². The molecule has 0 bridgehead atoms. The molecule has 0 aliphatic carbocycles. The summed E-state index contributed by atoms with van der Waals surface area (Å²) in [5.41, 5.74) is 0. The van der Waals surface area contributed by atoms with Crippen LogP contribution >= 0.6 is 0 Å². The number of halogens is 1. The fourth-order valence-corrected chi connectivity index (χ4v) is 0.513. The summed E-state index contributed by atoms with van der Waals surface area (Å²) in [7, 11) is 0. The number of anilines is 1. The van der Waals surface area contributed by atoms with E-state index in [1.165, 1.54) is 12.4 Å². The molecule has 3 N–H and O–H groups in total. The van der Waals surface area contributed by atoms with Crippen LogP contribution in [0.4, 0.5) is 15.2 Å². The molecule has 0 saturated carbocycles. The van der Waals surface area contributed by atoms with Crippen molar-refractivity contribution in [2.24, 2.45) is 5.84 Å². The van der Waals surface area contributed by atoms with Crippen LogP contribution in [0.3, 0.4) is 0 Å². The zero-order valence-electron chi connectivity index (χ0n) is 5.94. The van der Waals surface area contributed by atoms with Crippen LogP contribution in [0.5, 0.6) is 0 Å². The molecule has 0 atom stereocenters.